The Balaban J connectivity index is 1.95. The predicted molar refractivity (Wildman–Crippen MR) is 92.6 cm³/mol. The molecule has 5 nitrogen and oxygen atoms in total. The van der Waals surface area contributed by atoms with E-state index in [1.807, 2.05) is 0 Å². The second-order valence-electron chi connectivity index (χ2n) is 6.13. The first-order valence-electron chi connectivity index (χ1n) is 7.85. The molecule has 3 aromatic rings. The van der Waals surface area contributed by atoms with Crippen LogP contribution in [0.25, 0.3) is 0 Å². The summed E-state index contributed by atoms with van der Waals surface area (Å²) in [6, 6.07) is 9.66. The number of aliphatic hydroxyl groups is 1. The summed E-state index contributed by atoms with van der Waals surface area (Å²) in [6.07, 6.45) is -2.12. The lowest BCUT2D eigenvalue weighted by molar-refractivity contribution is -0.140. The molecular weight excluding hydrogens is 383 g/mol. The number of ether oxygens (including phenoxy) is 1. The summed E-state index contributed by atoms with van der Waals surface area (Å²) in [6.45, 7) is 1.10. The molecule has 1 atom stereocenters. The fourth-order valence-corrected chi connectivity index (χ4v) is 2.77. The van der Waals surface area contributed by atoms with Crippen LogP contribution in [0.2, 0.25) is 5.02 Å². The topological polar surface area (TPSA) is 60.2 Å². The summed E-state index contributed by atoms with van der Waals surface area (Å²) < 4.78 is 47.6. The lowest BCUT2D eigenvalue weighted by atomic mass is 9.90. The van der Waals surface area contributed by atoms with Crippen molar-refractivity contribution < 1.29 is 23.0 Å². The molecule has 27 heavy (non-hydrogen) atoms. The van der Waals surface area contributed by atoms with Crippen molar-refractivity contribution >= 4 is 11.6 Å². The number of nitrogens with zero attached hydrogens (tertiary/aromatic N) is 3. The monoisotopic (exact) mass is 397 g/mol. The molecule has 9 heteroatoms. The molecule has 0 bridgehead atoms. The van der Waals surface area contributed by atoms with E-state index in [2.05, 4.69) is 10.1 Å². The lowest BCUT2D eigenvalue weighted by Crippen LogP contribution is -2.31. The van der Waals surface area contributed by atoms with E-state index in [4.69, 9.17) is 16.3 Å². The molecule has 0 aliphatic heterocycles. The number of benzene rings is 2. The van der Waals surface area contributed by atoms with Crippen LogP contribution in [0, 0.1) is 0 Å². The van der Waals surface area contributed by atoms with Gasteiger partial charge in [-0.3, -0.25) is 0 Å². The van der Waals surface area contributed by atoms with Crippen LogP contribution in [0.1, 0.15) is 18.1 Å². The zero-order valence-electron chi connectivity index (χ0n) is 14.1. The molecule has 0 saturated heterocycles. The van der Waals surface area contributed by atoms with Crippen LogP contribution < -0.4 is 4.74 Å². The van der Waals surface area contributed by atoms with E-state index in [1.165, 1.54) is 36.4 Å². The Hall–Kier alpha value is -2.58. The van der Waals surface area contributed by atoms with Gasteiger partial charge in [0.2, 0.25) is 0 Å². The summed E-state index contributed by atoms with van der Waals surface area (Å²) in [4.78, 5) is 3.73. The Morgan fingerprint density at radius 2 is 1.74 bits per heavy atom. The maximum Gasteiger partial charge on any atom is 0.416 e. The Kier molecular flexibility index (Phi) is 5.12. The van der Waals surface area contributed by atoms with Crippen LogP contribution in [0.15, 0.2) is 55.1 Å². The molecule has 1 N–H and O–H groups in total. The Morgan fingerprint density at radius 3 is 2.33 bits per heavy atom. The van der Waals surface area contributed by atoms with E-state index >= 15 is 0 Å². The highest BCUT2D eigenvalue weighted by atomic mass is 35.5. The SMILES string of the molecule is C[C@@](O)(Cn1cncn1)c1ccc(Oc2ccc(Cl)cc2)cc1C(F)(F)F. The van der Waals surface area contributed by atoms with E-state index < -0.39 is 17.3 Å². The van der Waals surface area contributed by atoms with E-state index in [1.54, 1.807) is 24.3 Å². The van der Waals surface area contributed by atoms with Gasteiger partial charge in [0, 0.05) is 5.02 Å². The molecule has 0 unspecified atom stereocenters. The Morgan fingerprint density at radius 1 is 1.07 bits per heavy atom. The molecule has 142 valence electrons. The highest BCUT2D eigenvalue weighted by Crippen LogP contribution is 2.40. The van der Waals surface area contributed by atoms with Crippen molar-refractivity contribution in [3.63, 3.8) is 0 Å². The first kappa shape index (κ1) is 19.2. The van der Waals surface area contributed by atoms with Crippen molar-refractivity contribution in [1.29, 1.82) is 0 Å². The minimum Gasteiger partial charge on any atom is -0.457 e. The highest BCUT2D eigenvalue weighted by Gasteiger charge is 2.39. The largest absolute Gasteiger partial charge is 0.457 e. The molecule has 0 aliphatic rings. The van der Waals surface area contributed by atoms with Gasteiger partial charge in [0.05, 0.1) is 12.1 Å². The molecule has 0 amide bonds. The molecule has 0 fully saturated rings. The smallest absolute Gasteiger partial charge is 0.416 e. The van der Waals surface area contributed by atoms with Gasteiger partial charge in [-0.25, -0.2) is 9.67 Å². The molecule has 3 rings (SSSR count). The van der Waals surface area contributed by atoms with Gasteiger partial charge < -0.3 is 9.84 Å². The normalized spacial score (nSPS) is 14.0. The summed E-state index contributed by atoms with van der Waals surface area (Å²) in [5.41, 5.74) is -3.09. The summed E-state index contributed by atoms with van der Waals surface area (Å²) >= 11 is 5.79. The van der Waals surface area contributed by atoms with Gasteiger partial charge >= 0.3 is 6.18 Å². The van der Waals surface area contributed by atoms with Gasteiger partial charge in [-0.2, -0.15) is 18.3 Å². The van der Waals surface area contributed by atoms with Gasteiger partial charge in [0.25, 0.3) is 0 Å². The van der Waals surface area contributed by atoms with Crippen LogP contribution in [0.4, 0.5) is 13.2 Å². The third-order valence-electron chi connectivity index (χ3n) is 3.86. The second kappa shape index (κ2) is 7.21. The fraction of sp³-hybridized carbons (Fsp3) is 0.222. The Bertz CT molecular complexity index is 911. The number of halogens is 4. The second-order valence-corrected chi connectivity index (χ2v) is 6.56. The molecular formula is C18H15ClF3N3O2. The highest BCUT2D eigenvalue weighted by molar-refractivity contribution is 6.30. The summed E-state index contributed by atoms with van der Waals surface area (Å²) in [5, 5.41) is 15.0. The Labute approximate surface area is 158 Å². The molecule has 0 aliphatic carbocycles. The molecule has 0 radical (unpaired) electrons. The van der Waals surface area contributed by atoms with Crippen molar-refractivity contribution in [3.8, 4) is 11.5 Å². The molecule has 0 saturated carbocycles. The standard InChI is InChI=1S/C18H15ClF3N3O2/c1-17(26,9-25-11-23-10-24-25)15-7-6-14(8-16(15)18(20,21)22)27-13-4-2-12(19)3-5-13/h2-8,10-11,26H,9H2,1H3/t17-/m1/s1. The fourth-order valence-electron chi connectivity index (χ4n) is 2.64. The van der Waals surface area contributed by atoms with Crippen LogP contribution in [0.3, 0.4) is 0 Å². The van der Waals surface area contributed by atoms with Crippen LogP contribution in [-0.4, -0.2) is 19.9 Å². The number of hydrogen-bond donors (Lipinski definition) is 1. The summed E-state index contributed by atoms with van der Waals surface area (Å²) in [7, 11) is 0. The number of hydrogen-bond acceptors (Lipinski definition) is 4. The zero-order chi connectivity index (χ0) is 19.7. The zero-order valence-corrected chi connectivity index (χ0v) is 14.9. The quantitative estimate of drug-likeness (QED) is 0.680. The van der Waals surface area contributed by atoms with Crippen molar-refractivity contribution in [2.75, 3.05) is 0 Å². The van der Waals surface area contributed by atoms with Gasteiger partial charge in [0.15, 0.2) is 0 Å². The first-order valence-corrected chi connectivity index (χ1v) is 8.23. The van der Waals surface area contributed by atoms with Crippen molar-refractivity contribution in [2.24, 2.45) is 0 Å². The molecule has 2 aromatic carbocycles. The summed E-state index contributed by atoms with van der Waals surface area (Å²) in [5.74, 6) is 0.333. The van der Waals surface area contributed by atoms with Gasteiger partial charge in [-0.05, 0) is 48.9 Å². The molecule has 1 heterocycles. The average Bonchev–Trinajstić information content (AvgIpc) is 3.08. The van der Waals surface area contributed by atoms with E-state index in [0.29, 0.717) is 10.8 Å². The van der Waals surface area contributed by atoms with Crippen molar-refractivity contribution in [1.82, 2.24) is 14.8 Å². The van der Waals surface area contributed by atoms with Crippen molar-refractivity contribution in [3.05, 3.63) is 71.3 Å². The number of rotatable bonds is 5. The number of aromatic nitrogens is 3. The van der Waals surface area contributed by atoms with Crippen LogP contribution >= 0.6 is 11.6 Å². The van der Waals surface area contributed by atoms with Crippen LogP contribution in [0.5, 0.6) is 11.5 Å². The van der Waals surface area contributed by atoms with E-state index in [0.717, 1.165) is 6.07 Å². The third-order valence-corrected chi connectivity index (χ3v) is 4.11. The van der Waals surface area contributed by atoms with Gasteiger partial charge in [-0.15, -0.1) is 0 Å². The molecule has 0 spiro atoms. The third kappa shape index (κ3) is 4.58. The van der Waals surface area contributed by atoms with Gasteiger partial charge in [0.1, 0.15) is 29.8 Å². The first-order chi connectivity index (χ1) is 12.6. The van der Waals surface area contributed by atoms with Crippen molar-refractivity contribution in [2.45, 2.75) is 25.2 Å². The predicted octanol–water partition coefficient (Wildman–Crippen LogP) is 4.65. The van der Waals surface area contributed by atoms with Crippen LogP contribution in [-0.2, 0) is 18.3 Å². The van der Waals surface area contributed by atoms with E-state index in [-0.39, 0.29) is 17.9 Å². The maximum atomic E-state index is 13.6. The minimum atomic E-state index is -4.68. The average molecular weight is 398 g/mol. The molecule has 1 aromatic heterocycles. The maximum absolute atomic E-state index is 13.6. The minimum absolute atomic E-state index is 0.00930. The number of alkyl halides is 3. The van der Waals surface area contributed by atoms with E-state index in [9.17, 15) is 18.3 Å². The van der Waals surface area contributed by atoms with Gasteiger partial charge in [-0.1, -0.05) is 17.7 Å². The lowest BCUT2D eigenvalue weighted by Gasteiger charge is -2.27.